The Kier molecular flexibility index (Phi) is 7.68. The van der Waals surface area contributed by atoms with Crippen LogP contribution < -0.4 is 5.32 Å². The zero-order valence-electron chi connectivity index (χ0n) is 24.2. The number of aromatic nitrogens is 2. The van der Waals surface area contributed by atoms with Crippen LogP contribution in [0.15, 0.2) is 29.3 Å². The van der Waals surface area contributed by atoms with Gasteiger partial charge in [0, 0.05) is 60.7 Å². The van der Waals surface area contributed by atoms with Gasteiger partial charge in [0.1, 0.15) is 10.4 Å². The second-order valence-corrected chi connectivity index (χ2v) is 14.4. The predicted octanol–water partition coefficient (Wildman–Crippen LogP) is 6.81. The quantitative estimate of drug-likeness (QED) is 0.308. The van der Waals surface area contributed by atoms with Gasteiger partial charge < -0.3 is 15.0 Å². The number of nitrogens with zero attached hydrogens (tertiary/aromatic N) is 4. The number of anilines is 2. The third-order valence-electron chi connectivity index (χ3n) is 8.61. The fourth-order valence-electron chi connectivity index (χ4n) is 6.11. The summed E-state index contributed by atoms with van der Waals surface area (Å²) in [5, 5.41) is 3.27. The second kappa shape index (κ2) is 11.4. The van der Waals surface area contributed by atoms with Gasteiger partial charge in [-0.25, -0.2) is 9.97 Å². The van der Waals surface area contributed by atoms with Crippen LogP contribution in [0.25, 0.3) is 10.6 Å². The molecule has 5 heterocycles. The second-order valence-electron chi connectivity index (χ2n) is 12.2. The van der Waals surface area contributed by atoms with Gasteiger partial charge in [0.25, 0.3) is 5.91 Å². The molecule has 0 radical (unpaired) electrons. The SMILES string of the molecule is CC(C)c1cc2c(cc1Nc1ncc(C(F)(F)F)c(-c3cc4c(s3)C(=O)N(C3CC3)CCS4)n1)CCN(CC1COC1)C2. The zero-order valence-corrected chi connectivity index (χ0v) is 25.8. The first-order chi connectivity index (χ1) is 20.6. The maximum absolute atomic E-state index is 14.2. The molecule has 1 aliphatic carbocycles. The molecule has 1 N–H and O–H groups in total. The molecule has 1 aromatic carbocycles. The molecular formula is C31H34F3N5O2S2. The average molecular weight is 630 g/mol. The maximum atomic E-state index is 14.2. The number of benzene rings is 1. The Morgan fingerprint density at radius 3 is 2.65 bits per heavy atom. The fourth-order valence-corrected chi connectivity index (χ4v) is 8.43. The molecule has 228 valence electrons. The first kappa shape index (κ1) is 29.1. The van der Waals surface area contributed by atoms with Gasteiger partial charge in [-0.3, -0.25) is 9.69 Å². The summed E-state index contributed by atoms with van der Waals surface area (Å²) in [5.74, 6) is 1.52. The lowest BCUT2D eigenvalue weighted by atomic mass is 9.91. The Morgan fingerprint density at radius 1 is 1.14 bits per heavy atom. The summed E-state index contributed by atoms with van der Waals surface area (Å²) in [7, 11) is 0. The molecule has 2 aromatic heterocycles. The largest absolute Gasteiger partial charge is 0.420 e. The van der Waals surface area contributed by atoms with Gasteiger partial charge in [-0.1, -0.05) is 19.9 Å². The molecule has 1 saturated heterocycles. The summed E-state index contributed by atoms with van der Waals surface area (Å²) in [4.78, 5) is 27.8. The number of carbonyl (C=O) groups is 1. The lowest BCUT2D eigenvalue weighted by molar-refractivity contribution is -0.137. The monoisotopic (exact) mass is 629 g/mol. The van der Waals surface area contributed by atoms with Crippen molar-refractivity contribution in [3.63, 3.8) is 0 Å². The van der Waals surface area contributed by atoms with Crippen molar-refractivity contribution in [2.45, 2.75) is 62.7 Å². The van der Waals surface area contributed by atoms with Crippen LogP contribution in [0.3, 0.4) is 0 Å². The van der Waals surface area contributed by atoms with Crippen molar-refractivity contribution in [2.24, 2.45) is 5.92 Å². The molecule has 12 heteroatoms. The van der Waals surface area contributed by atoms with E-state index in [9.17, 15) is 18.0 Å². The van der Waals surface area contributed by atoms with Crippen molar-refractivity contribution in [3.8, 4) is 10.6 Å². The summed E-state index contributed by atoms with van der Waals surface area (Å²) in [5.41, 5.74) is 3.30. The summed E-state index contributed by atoms with van der Waals surface area (Å²) >= 11 is 2.62. The van der Waals surface area contributed by atoms with Crippen LogP contribution in [0.4, 0.5) is 24.8 Å². The highest BCUT2D eigenvalue weighted by Crippen LogP contribution is 2.44. The standard InChI is InChI=1S/C31H34F3N5O2S2/c1-17(2)22-9-20-14-38(13-18-15-41-16-18)6-5-19(20)10-24(22)36-30-35-12-23(31(32,33)34)27(37-30)25-11-26-28(43-25)29(40)39(7-8-42-26)21-3-4-21/h9-12,17-18,21H,3-8,13-16H2,1-2H3,(H,35,36,37). The van der Waals surface area contributed by atoms with Crippen LogP contribution in [-0.4, -0.2) is 70.3 Å². The van der Waals surface area contributed by atoms with Crippen molar-refractivity contribution in [1.29, 1.82) is 0 Å². The van der Waals surface area contributed by atoms with Crippen LogP contribution in [0.1, 0.15) is 64.5 Å². The molecule has 4 aliphatic rings. The van der Waals surface area contributed by atoms with Gasteiger partial charge in [0.05, 0.1) is 23.8 Å². The van der Waals surface area contributed by atoms with Gasteiger partial charge in [-0.2, -0.15) is 13.2 Å². The van der Waals surface area contributed by atoms with E-state index >= 15 is 0 Å². The first-order valence-electron chi connectivity index (χ1n) is 14.9. The number of amides is 1. The van der Waals surface area contributed by atoms with Crippen molar-refractivity contribution in [3.05, 3.63) is 51.5 Å². The number of ether oxygens (including phenoxy) is 1. The van der Waals surface area contributed by atoms with Crippen LogP contribution in [0.2, 0.25) is 0 Å². The lowest BCUT2D eigenvalue weighted by Gasteiger charge is -2.35. The third kappa shape index (κ3) is 5.91. The molecule has 3 aromatic rings. The van der Waals surface area contributed by atoms with Crippen molar-refractivity contribution in [2.75, 3.05) is 43.9 Å². The van der Waals surface area contributed by atoms with Gasteiger partial charge in [0.15, 0.2) is 0 Å². The van der Waals surface area contributed by atoms with Crippen molar-refractivity contribution < 1.29 is 22.7 Å². The molecule has 0 bridgehead atoms. The molecule has 3 aliphatic heterocycles. The van der Waals surface area contributed by atoms with E-state index in [2.05, 4.69) is 46.2 Å². The Bertz CT molecular complexity index is 1550. The van der Waals surface area contributed by atoms with E-state index in [4.69, 9.17) is 4.74 Å². The van der Waals surface area contributed by atoms with E-state index < -0.39 is 11.7 Å². The van der Waals surface area contributed by atoms with Crippen LogP contribution >= 0.6 is 23.1 Å². The maximum Gasteiger partial charge on any atom is 0.420 e. The Labute approximate surface area is 257 Å². The number of halogens is 3. The summed E-state index contributed by atoms with van der Waals surface area (Å²) in [6.07, 6.45) is -0.911. The first-order valence-corrected chi connectivity index (χ1v) is 16.7. The van der Waals surface area contributed by atoms with Crippen LogP contribution in [0.5, 0.6) is 0 Å². The molecule has 1 saturated carbocycles. The number of carbonyl (C=O) groups excluding carboxylic acids is 1. The number of fused-ring (bicyclic) bond motifs is 2. The predicted molar refractivity (Wildman–Crippen MR) is 162 cm³/mol. The topological polar surface area (TPSA) is 70.6 Å². The van der Waals surface area contributed by atoms with Crippen LogP contribution in [0, 0.1) is 5.92 Å². The van der Waals surface area contributed by atoms with Crippen molar-refractivity contribution >= 4 is 40.6 Å². The highest BCUT2D eigenvalue weighted by molar-refractivity contribution is 7.99. The van der Waals surface area contributed by atoms with Gasteiger partial charge in [0.2, 0.25) is 5.95 Å². The van der Waals surface area contributed by atoms with Gasteiger partial charge in [-0.15, -0.1) is 23.1 Å². The number of thioether (sulfide) groups is 1. The summed E-state index contributed by atoms with van der Waals surface area (Å²) in [6.45, 7) is 9.42. The zero-order chi connectivity index (χ0) is 29.9. The highest BCUT2D eigenvalue weighted by atomic mass is 32.2. The van der Waals surface area contributed by atoms with E-state index in [0.717, 1.165) is 91.5 Å². The van der Waals surface area contributed by atoms with E-state index in [-0.39, 0.29) is 29.5 Å². The molecular weight excluding hydrogens is 596 g/mol. The summed E-state index contributed by atoms with van der Waals surface area (Å²) in [6, 6.07) is 6.28. The molecule has 0 spiro atoms. The van der Waals surface area contributed by atoms with Crippen molar-refractivity contribution in [1.82, 2.24) is 19.8 Å². The minimum Gasteiger partial charge on any atom is -0.381 e. The minimum atomic E-state index is -4.64. The third-order valence-corrected chi connectivity index (χ3v) is 10.9. The Morgan fingerprint density at radius 2 is 1.95 bits per heavy atom. The Hall–Kier alpha value is -2.67. The van der Waals surface area contributed by atoms with E-state index in [1.54, 1.807) is 6.07 Å². The number of hydrogen-bond donors (Lipinski definition) is 1. The molecule has 0 atom stereocenters. The molecule has 43 heavy (non-hydrogen) atoms. The lowest BCUT2D eigenvalue weighted by Crippen LogP contribution is -2.41. The molecule has 2 fully saturated rings. The highest BCUT2D eigenvalue weighted by Gasteiger charge is 2.39. The molecule has 1 amide bonds. The minimum absolute atomic E-state index is 0.0880. The van der Waals surface area contributed by atoms with E-state index in [1.807, 2.05) is 4.90 Å². The fraction of sp³-hybridized carbons (Fsp3) is 0.516. The van der Waals surface area contributed by atoms with Gasteiger partial charge in [-0.05, 0) is 54.0 Å². The van der Waals surface area contributed by atoms with E-state index in [1.165, 1.54) is 22.9 Å². The number of hydrogen-bond acceptors (Lipinski definition) is 8. The number of alkyl halides is 3. The summed E-state index contributed by atoms with van der Waals surface area (Å²) < 4.78 is 48.0. The van der Waals surface area contributed by atoms with E-state index in [0.29, 0.717) is 22.2 Å². The average Bonchev–Trinajstić information content (AvgIpc) is 3.72. The van der Waals surface area contributed by atoms with Crippen LogP contribution in [-0.2, 0) is 23.9 Å². The normalized spacial score (nSPS) is 19.7. The Balaban J connectivity index is 1.20. The number of rotatable bonds is 7. The smallest absolute Gasteiger partial charge is 0.381 e. The molecule has 7 rings (SSSR count). The van der Waals surface area contributed by atoms with Gasteiger partial charge >= 0.3 is 6.18 Å². The molecule has 0 unspecified atom stereocenters. The molecule has 7 nitrogen and oxygen atoms in total. The number of thiophene rings is 1. The number of nitrogens with one attached hydrogen (secondary N) is 1.